The van der Waals surface area contributed by atoms with Crippen molar-refractivity contribution in [2.75, 3.05) is 0 Å². The van der Waals surface area contributed by atoms with Crippen LogP contribution in [0.25, 0.3) is 11.1 Å². The van der Waals surface area contributed by atoms with Gasteiger partial charge in [0.05, 0.1) is 3.57 Å². The van der Waals surface area contributed by atoms with Gasteiger partial charge >= 0.3 is 0 Å². The largest absolute Gasteiger partial charge is 0.506 e. The highest BCUT2D eigenvalue weighted by Gasteiger charge is 2.42. The minimum Gasteiger partial charge on any atom is -0.506 e. The number of hydrogen-bond donors (Lipinski definition) is 1. The molecule has 0 saturated carbocycles. The van der Waals surface area contributed by atoms with Crippen LogP contribution in [0.3, 0.4) is 0 Å². The summed E-state index contributed by atoms with van der Waals surface area (Å²) < 4.78 is 0.892. The summed E-state index contributed by atoms with van der Waals surface area (Å²) in [5, 5.41) is 10.6. The Labute approximate surface area is 143 Å². The van der Waals surface area contributed by atoms with Gasteiger partial charge in [0.2, 0.25) is 0 Å². The highest BCUT2D eigenvalue weighted by atomic mass is 127. The van der Waals surface area contributed by atoms with Crippen molar-refractivity contribution in [2.24, 2.45) is 0 Å². The van der Waals surface area contributed by atoms with Crippen LogP contribution in [-0.2, 0) is 5.41 Å². The molecule has 0 bridgehead atoms. The molecule has 0 amide bonds. The molecule has 0 heterocycles. The molecule has 2 heteroatoms. The summed E-state index contributed by atoms with van der Waals surface area (Å²) in [4.78, 5) is 0. The number of aromatic hydroxyl groups is 1. The highest BCUT2D eigenvalue weighted by molar-refractivity contribution is 14.1. The third kappa shape index (κ3) is 1.70. The summed E-state index contributed by atoms with van der Waals surface area (Å²) in [6.07, 6.45) is 0. The van der Waals surface area contributed by atoms with Crippen LogP contribution in [0.5, 0.6) is 5.75 Å². The van der Waals surface area contributed by atoms with E-state index in [4.69, 9.17) is 0 Å². The van der Waals surface area contributed by atoms with Crippen molar-refractivity contribution in [3.05, 3.63) is 87.0 Å². The smallest absolute Gasteiger partial charge is 0.137 e. The van der Waals surface area contributed by atoms with Crippen LogP contribution in [0.15, 0.2) is 66.7 Å². The lowest BCUT2D eigenvalue weighted by molar-refractivity contribution is 0.473. The van der Waals surface area contributed by atoms with Crippen LogP contribution >= 0.6 is 22.6 Å². The van der Waals surface area contributed by atoms with E-state index in [0.717, 1.165) is 14.7 Å². The van der Waals surface area contributed by atoms with E-state index >= 15 is 0 Å². The molecule has 1 aliphatic carbocycles. The zero-order chi connectivity index (χ0) is 15.3. The summed E-state index contributed by atoms with van der Waals surface area (Å²) in [6.45, 7) is 2.25. The number of fused-ring (bicyclic) bond motifs is 3. The summed E-state index contributed by atoms with van der Waals surface area (Å²) in [7, 11) is 0. The Morgan fingerprint density at radius 2 is 1.50 bits per heavy atom. The van der Waals surface area contributed by atoms with Gasteiger partial charge in [-0.3, -0.25) is 0 Å². The molecule has 1 aliphatic rings. The predicted octanol–water partition coefficient (Wildman–Crippen LogP) is 5.33. The Morgan fingerprint density at radius 3 is 2.27 bits per heavy atom. The summed E-state index contributed by atoms with van der Waals surface area (Å²) in [6, 6.07) is 23.1. The van der Waals surface area contributed by atoms with Gasteiger partial charge in [0, 0.05) is 11.0 Å². The third-order valence-electron chi connectivity index (χ3n) is 4.75. The molecule has 0 radical (unpaired) electrons. The van der Waals surface area contributed by atoms with Gasteiger partial charge in [-0.25, -0.2) is 0 Å². The molecule has 0 aromatic heterocycles. The minimum atomic E-state index is -0.227. The average Bonchev–Trinajstić information content (AvgIpc) is 2.83. The molecule has 1 unspecified atom stereocenters. The number of phenolic OH excluding ortho intramolecular Hbond substituents is 1. The van der Waals surface area contributed by atoms with Crippen LogP contribution in [-0.4, -0.2) is 5.11 Å². The van der Waals surface area contributed by atoms with E-state index in [1.807, 2.05) is 18.2 Å². The minimum absolute atomic E-state index is 0.227. The van der Waals surface area contributed by atoms with Crippen LogP contribution in [0.2, 0.25) is 0 Å². The lowest BCUT2D eigenvalue weighted by Crippen LogP contribution is -2.22. The topological polar surface area (TPSA) is 20.2 Å². The maximum atomic E-state index is 10.6. The fourth-order valence-electron chi connectivity index (χ4n) is 3.62. The second kappa shape index (κ2) is 4.85. The van der Waals surface area contributed by atoms with E-state index in [0.29, 0.717) is 5.75 Å². The quantitative estimate of drug-likeness (QED) is 0.550. The van der Waals surface area contributed by atoms with Gasteiger partial charge in [-0.05, 0) is 57.8 Å². The van der Waals surface area contributed by atoms with Gasteiger partial charge in [0.1, 0.15) is 5.75 Å². The maximum absolute atomic E-state index is 10.6. The number of benzene rings is 3. The Balaban J connectivity index is 2.13. The normalized spacial score (nSPS) is 18.8. The lowest BCUT2D eigenvalue weighted by Gasteiger charge is -2.28. The van der Waals surface area contributed by atoms with Crippen LogP contribution in [0.4, 0.5) is 0 Å². The van der Waals surface area contributed by atoms with E-state index in [9.17, 15) is 5.11 Å². The predicted molar refractivity (Wildman–Crippen MR) is 98.3 cm³/mol. The number of hydrogen-bond acceptors (Lipinski definition) is 1. The molecule has 1 nitrogen and oxygen atoms in total. The third-order valence-corrected chi connectivity index (χ3v) is 5.62. The van der Waals surface area contributed by atoms with Crippen molar-refractivity contribution in [1.82, 2.24) is 0 Å². The molecular formula is C20H15IO. The zero-order valence-corrected chi connectivity index (χ0v) is 14.3. The monoisotopic (exact) mass is 398 g/mol. The fraction of sp³-hybridized carbons (Fsp3) is 0.100. The van der Waals surface area contributed by atoms with E-state index in [2.05, 4.69) is 78.0 Å². The van der Waals surface area contributed by atoms with Crippen molar-refractivity contribution >= 4 is 22.6 Å². The summed E-state index contributed by atoms with van der Waals surface area (Å²) in [5.41, 5.74) is 5.58. The molecule has 22 heavy (non-hydrogen) atoms. The van der Waals surface area contributed by atoms with Crippen molar-refractivity contribution in [2.45, 2.75) is 12.3 Å². The number of halogens is 1. The van der Waals surface area contributed by atoms with Crippen LogP contribution in [0, 0.1) is 3.57 Å². The van der Waals surface area contributed by atoms with Gasteiger partial charge in [-0.2, -0.15) is 0 Å². The first kappa shape index (κ1) is 13.8. The molecule has 0 saturated heterocycles. The number of phenols is 1. The first-order valence-electron chi connectivity index (χ1n) is 7.31. The molecule has 0 fully saturated rings. The summed E-state index contributed by atoms with van der Waals surface area (Å²) >= 11 is 2.19. The standard InChI is InChI=1S/C20H15IO/c1-20(13-7-3-2-4-8-13)15-10-6-5-9-14(15)18-16(20)11-12-17(21)19(18)22/h2-12,22H,1H3. The van der Waals surface area contributed by atoms with Crippen LogP contribution < -0.4 is 0 Å². The van der Waals surface area contributed by atoms with Gasteiger partial charge in [0.25, 0.3) is 0 Å². The van der Waals surface area contributed by atoms with Crippen LogP contribution in [0.1, 0.15) is 23.6 Å². The molecule has 0 aliphatic heterocycles. The Kier molecular flexibility index (Phi) is 3.05. The maximum Gasteiger partial charge on any atom is 0.137 e. The molecular weight excluding hydrogens is 383 g/mol. The van der Waals surface area contributed by atoms with E-state index in [-0.39, 0.29) is 5.41 Å². The van der Waals surface area contributed by atoms with Gasteiger partial charge in [0.15, 0.2) is 0 Å². The molecule has 1 N–H and O–H groups in total. The van der Waals surface area contributed by atoms with Crippen molar-refractivity contribution < 1.29 is 5.11 Å². The first-order valence-corrected chi connectivity index (χ1v) is 8.39. The lowest BCUT2D eigenvalue weighted by atomic mass is 9.74. The molecule has 1 atom stereocenters. The second-order valence-electron chi connectivity index (χ2n) is 5.86. The van der Waals surface area contributed by atoms with Gasteiger partial charge in [-0.15, -0.1) is 0 Å². The number of rotatable bonds is 1. The Hall–Kier alpha value is -1.81. The average molecular weight is 398 g/mol. The Bertz CT molecular complexity index is 870. The molecule has 108 valence electrons. The van der Waals surface area contributed by atoms with Gasteiger partial charge in [-0.1, -0.05) is 60.7 Å². The van der Waals surface area contributed by atoms with Crippen molar-refractivity contribution in [1.29, 1.82) is 0 Å². The van der Waals surface area contributed by atoms with Crippen molar-refractivity contribution in [3.63, 3.8) is 0 Å². The van der Waals surface area contributed by atoms with Crippen molar-refractivity contribution in [3.8, 4) is 16.9 Å². The Morgan fingerprint density at radius 1 is 0.818 bits per heavy atom. The second-order valence-corrected chi connectivity index (χ2v) is 7.02. The molecule has 4 rings (SSSR count). The van der Waals surface area contributed by atoms with E-state index < -0.39 is 0 Å². The molecule has 0 spiro atoms. The van der Waals surface area contributed by atoms with E-state index in [1.54, 1.807) is 0 Å². The van der Waals surface area contributed by atoms with E-state index in [1.165, 1.54) is 16.7 Å². The SMILES string of the molecule is CC1(c2ccccc2)c2ccccc2-c2c1ccc(I)c2O. The fourth-order valence-corrected chi connectivity index (χ4v) is 4.07. The highest BCUT2D eigenvalue weighted by Crippen LogP contribution is 2.55. The zero-order valence-electron chi connectivity index (χ0n) is 12.2. The molecule has 3 aromatic rings. The van der Waals surface area contributed by atoms with Gasteiger partial charge < -0.3 is 5.11 Å². The molecule has 3 aromatic carbocycles. The first-order chi connectivity index (χ1) is 10.6. The summed E-state index contributed by atoms with van der Waals surface area (Å²) in [5.74, 6) is 0.394.